The van der Waals surface area contributed by atoms with Crippen molar-refractivity contribution in [2.75, 3.05) is 6.61 Å². The quantitative estimate of drug-likeness (QED) is 0.422. The molecule has 0 amide bonds. The Labute approximate surface area is 183 Å². The van der Waals surface area contributed by atoms with Gasteiger partial charge in [-0.3, -0.25) is 4.79 Å². The molecule has 5 rings (SSSR count). The Morgan fingerprint density at radius 2 is 2.03 bits per heavy atom. The molecule has 3 fully saturated rings. The Bertz CT molecular complexity index is 888. The van der Waals surface area contributed by atoms with Crippen molar-refractivity contribution in [2.24, 2.45) is 28.6 Å². The van der Waals surface area contributed by atoms with E-state index in [2.05, 4.69) is 13.0 Å². The van der Waals surface area contributed by atoms with Crippen LogP contribution >= 0.6 is 0 Å². The predicted molar refractivity (Wildman–Crippen MR) is 112 cm³/mol. The smallest absolute Gasteiger partial charge is 0.331 e. The lowest BCUT2D eigenvalue weighted by molar-refractivity contribution is -0.179. The number of ether oxygens (including phenoxy) is 2. The van der Waals surface area contributed by atoms with Crippen LogP contribution < -0.4 is 0 Å². The predicted octanol–water partition coefficient (Wildman–Crippen LogP) is 3.27. The number of aldehydes is 1. The van der Waals surface area contributed by atoms with Crippen LogP contribution in [0.4, 0.5) is 0 Å². The number of rotatable bonds is 3. The summed E-state index contributed by atoms with van der Waals surface area (Å²) in [6.07, 6.45) is 10.7. The van der Waals surface area contributed by atoms with E-state index >= 15 is 0 Å². The summed E-state index contributed by atoms with van der Waals surface area (Å²) in [5.74, 6) is -0.287. The van der Waals surface area contributed by atoms with Crippen molar-refractivity contribution in [3.05, 3.63) is 23.3 Å². The van der Waals surface area contributed by atoms with Gasteiger partial charge in [0.1, 0.15) is 19.0 Å². The summed E-state index contributed by atoms with van der Waals surface area (Å²) in [7, 11) is 0. The van der Waals surface area contributed by atoms with Crippen molar-refractivity contribution in [3.63, 3.8) is 0 Å². The van der Waals surface area contributed by atoms with Crippen LogP contribution in [0.1, 0.15) is 65.2 Å². The molecular weight excluding hydrogens is 396 g/mol. The number of fused-ring (bicyclic) bond motifs is 5. The van der Waals surface area contributed by atoms with Crippen molar-refractivity contribution in [3.8, 4) is 0 Å². The minimum absolute atomic E-state index is 0.0223. The van der Waals surface area contributed by atoms with Gasteiger partial charge in [0.2, 0.25) is 0 Å². The second-order valence-corrected chi connectivity index (χ2v) is 10.6. The van der Waals surface area contributed by atoms with Gasteiger partial charge in [-0.25, -0.2) is 4.79 Å². The molecule has 0 unspecified atom stereocenters. The van der Waals surface area contributed by atoms with Gasteiger partial charge in [-0.2, -0.15) is 0 Å². The molecule has 4 aliphatic carbocycles. The highest BCUT2D eigenvalue weighted by Gasteiger charge is 2.67. The zero-order chi connectivity index (χ0) is 22.0. The Kier molecular flexibility index (Phi) is 4.74. The molecule has 168 valence electrons. The van der Waals surface area contributed by atoms with Crippen LogP contribution in [0.2, 0.25) is 0 Å². The van der Waals surface area contributed by atoms with Crippen molar-refractivity contribution >= 4 is 18.2 Å². The van der Waals surface area contributed by atoms with Gasteiger partial charge in [-0.05, 0) is 68.3 Å². The van der Waals surface area contributed by atoms with E-state index < -0.39 is 11.0 Å². The standard InChI is InChI=1S/C25H32O6/c1-15(27)31-18-5-9-24(14-26)17(12-18)3-4-21-20(24)6-8-23(2)19(7-10-25(21,23)29)16-11-22(28)30-13-16/h3,11,14,18-21,29H,4-10,12-13H2,1-2H3/t18-,19+,20-,21+,23+,24+,25-/m0/s1. The second-order valence-electron chi connectivity index (χ2n) is 10.6. The number of hydrogen-bond acceptors (Lipinski definition) is 6. The fraction of sp³-hybridized carbons (Fsp3) is 0.720. The fourth-order valence-electron chi connectivity index (χ4n) is 8.04. The number of allylic oxidation sites excluding steroid dienone is 1. The Balaban J connectivity index is 1.47. The molecule has 0 bridgehead atoms. The molecule has 1 aliphatic heterocycles. The lowest BCUT2D eigenvalue weighted by Crippen LogP contribution is -2.61. The zero-order valence-corrected chi connectivity index (χ0v) is 18.4. The lowest BCUT2D eigenvalue weighted by atomic mass is 9.45. The Morgan fingerprint density at radius 1 is 1.23 bits per heavy atom. The van der Waals surface area contributed by atoms with Crippen molar-refractivity contribution in [1.82, 2.24) is 0 Å². The van der Waals surface area contributed by atoms with E-state index in [0.29, 0.717) is 32.3 Å². The summed E-state index contributed by atoms with van der Waals surface area (Å²) in [5, 5.41) is 12.2. The average Bonchev–Trinajstić information content (AvgIpc) is 3.27. The van der Waals surface area contributed by atoms with E-state index in [1.807, 2.05) is 0 Å². The molecule has 0 aromatic heterocycles. The first-order valence-corrected chi connectivity index (χ1v) is 11.7. The monoisotopic (exact) mass is 428 g/mol. The molecule has 0 aromatic carbocycles. The van der Waals surface area contributed by atoms with Crippen molar-refractivity contribution in [2.45, 2.75) is 76.9 Å². The number of carbonyl (C=O) groups is 3. The largest absolute Gasteiger partial charge is 0.462 e. The normalized spacial score (nSPS) is 46.1. The summed E-state index contributed by atoms with van der Waals surface area (Å²) in [5.41, 5.74) is 0.373. The molecule has 0 saturated heterocycles. The minimum atomic E-state index is -0.863. The maximum atomic E-state index is 12.6. The van der Waals surface area contributed by atoms with Crippen LogP contribution in [0.3, 0.4) is 0 Å². The van der Waals surface area contributed by atoms with Gasteiger partial charge in [-0.15, -0.1) is 0 Å². The molecular formula is C25H32O6. The van der Waals surface area contributed by atoms with Gasteiger partial charge in [0.15, 0.2) is 0 Å². The SMILES string of the molecule is CC(=O)O[C@H]1CC[C@@]2(C=O)C(=CC[C@@H]3[C@@H]2CC[C@]2(C)[C@@H](C4=CC(=O)OC4)CC[C@]32O)C1. The molecule has 1 N–H and O–H groups in total. The van der Waals surface area contributed by atoms with Gasteiger partial charge >= 0.3 is 11.9 Å². The van der Waals surface area contributed by atoms with Crippen LogP contribution in [-0.4, -0.2) is 41.6 Å². The molecule has 6 nitrogen and oxygen atoms in total. The third-order valence-electron chi connectivity index (χ3n) is 9.53. The Morgan fingerprint density at radius 3 is 2.71 bits per heavy atom. The molecule has 1 heterocycles. The maximum Gasteiger partial charge on any atom is 0.331 e. The number of aliphatic hydroxyl groups is 1. The number of esters is 2. The average molecular weight is 429 g/mol. The molecule has 31 heavy (non-hydrogen) atoms. The van der Waals surface area contributed by atoms with Gasteiger partial charge in [0.05, 0.1) is 11.0 Å². The van der Waals surface area contributed by atoms with E-state index in [-0.39, 0.29) is 41.2 Å². The van der Waals surface area contributed by atoms with E-state index in [9.17, 15) is 19.5 Å². The van der Waals surface area contributed by atoms with Crippen molar-refractivity contribution < 1.29 is 29.0 Å². The summed E-state index contributed by atoms with van der Waals surface area (Å²) < 4.78 is 10.6. The third kappa shape index (κ3) is 2.83. The molecule has 3 saturated carbocycles. The highest BCUT2D eigenvalue weighted by molar-refractivity contribution is 5.85. The molecule has 7 atom stereocenters. The fourth-order valence-corrected chi connectivity index (χ4v) is 8.04. The van der Waals surface area contributed by atoms with E-state index in [4.69, 9.17) is 9.47 Å². The van der Waals surface area contributed by atoms with Gasteiger partial charge < -0.3 is 19.4 Å². The van der Waals surface area contributed by atoms with Crippen LogP contribution in [0.15, 0.2) is 23.3 Å². The molecule has 0 aromatic rings. The van der Waals surface area contributed by atoms with Crippen molar-refractivity contribution in [1.29, 1.82) is 0 Å². The van der Waals surface area contributed by atoms with Crippen LogP contribution in [0, 0.1) is 28.6 Å². The van der Waals surface area contributed by atoms with Gasteiger partial charge in [0.25, 0.3) is 0 Å². The van der Waals surface area contributed by atoms with Crippen LogP contribution in [-0.2, 0) is 23.9 Å². The zero-order valence-electron chi connectivity index (χ0n) is 18.4. The lowest BCUT2D eigenvalue weighted by Gasteiger charge is -2.60. The highest BCUT2D eigenvalue weighted by atomic mass is 16.5. The van der Waals surface area contributed by atoms with Crippen LogP contribution in [0.5, 0.6) is 0 Å². The van der Waals surface area contributed by atoms with Crippen LogP contribution in [0.25, 0.3) is 0 Å². The first kappa shape index (κ1) is 20.9. The van der Waals surface area contributed by atoms with Gasteiger partial charge in [0, 0.05) is 24.8 Å². The number of hydrogen-bond donors (Lipinski definition) is 1. The summed E-state index contributed by atoms with van der Waals surface area (Å²) >= 11 is 0. The number of carbonyl (C=O) groups excluding carboxylic acids is 3. The third-order valence-corrected chi connectivity index (χ3v) is 9.53. The summed E-state index contributed by atoms with van der Waals surface area (Å²) in [4.78, 5) is 35.7. The molecule has 6 heteroatoms. The first-order chi connectivity index (χ1) is 14.7. The maximum absolute atomic E-state index is 12.6. The van der Waals surface area contributed by atoms with E-state index in [0.717, 1.165) is 43.1 Å². The summed E-state index contributed by atoms with van der Waals surface area (Å²) in [6, 6.07) is 0. The molecule has 0 radical (unpaired) electrons. The second kappa shape index (κ2) is 7.03. The summed E-state index contributed by atoms with van der Waals surface area (Å²) in [6.45, 7) is 3.94. The molecule has 5 aliphatic rings. The molecule has 0 spiro atoms. The minimum Gasteiger partial charge on any atom is -0.462 e. The topological polar surface area (TPSA) is 89.9 Å². The number of cyclic esters (lactones) is 1. The first-order valence-electron chi connectivity index (χ1n) is 11.7. The Hall–Kier alpha value is -1.95. The van der Waals surface area contributed by atoms with E-state index in [1.54, 1.807) is 6.08 Å². The highest BCUT2D eigenvalue weighted by Crippen LogP contribution is 2.68. The van der Waals surface area contributed by atoms with Gasteiger partial charge in [-0.1, -0.05) is 18.6 Å². The van der Waals surface area contributed by atoms with E-state index in [1.165, 1.54) is 6.92 Å².